The molecule has 1 unspecified atom stereocenters. The van der Waals surface area contributed by atoms with E-state index >= 15 is 0 Å². The fourth-order valence-corrected chi connectivity index (χ4v) is 2.83. The van der Waals surface area contributed by atoms with Crippen LogP contribution >= 0.6 is 15.9 Å². The molecule has 2 aromatic rings. The predicted octanol–water partition coefficient (Wildman–Crippen LogP) is 4.50. The Bertz CT molecular complexity index is 489. The zero-order valence-corrected chi connectivity index (χ0v) is 12.7. The van der Waals surface area contributed by atoms with Gasteiger partial charge < -0.3 is 5.11 Å². The predicted molar refractivity (Wildman–Crippen MR) is 84.0 cm³/mol. The molecule has 2 heteroatoms. The third-order valence-electron chi connectivity index (χ3n) is 3.26. The summed E-state index contributed by atoms with van der Waals surface area (Å²) in [5.41, 5.74) is 3.88. The normalized spacial score (nSPS) is 12.3. The number of hydrogen-bond acceptors (Lipinski definition) is 1. The van der Waals surface area contributed by atoms with Crippen molar-refractivity contribution in [3.8, 4) is 5.75 Å². The fraction of sp³-hybridized carbons (Fsp3) is 0.294. The van der Waals surface area contributed by atoms with E-state index in [1.54, 1.807) is 6.07 Å². The molecule has 0 radical (unpaired) electrons. The quantitative estimate of drug-likeness (QED) is 0.805. The van der Waals surface area contributed by atoms with Crippen LogP contribution in [0.15, 0.2) is 48.5 Å². The topological polar surface area (TPSA) is 20.2 Å². The molecule has 2 rings (SSSR count). The monoisotopic (exact) mass is 318 g/mol. The maximum absolute atomic E-state index is 9.51. The van der Waals surface area contributed by atoms with Gasteiger partial charge in [0.25, 0.3) is 0 Å². The van der Waals surface area contributed by atoms with Gasteiger partial charge in [-0.15, -0.1) is 0 Å². The summed E-state index contributed by atoms with van der Waals surface area (Å²) in [7, 11) is 0. The van der Waals surface area contributed by atoms with Crippen LogP contribution in [0.2, 0.25) is 0 Å². The second-order valence-electron chi connectivity index (χ2n) is 5.09. The minimum atomic E-state index is 0.348. The number of aryl methyl sites for hydroxylation is 1. The van der Waals surface area contributed by atoms with Gasteiger partial charge in [-0.2, -0.15) is 0 Å². The van der Waals surface area contributed by atoms with Gasteiger partial charge in [0, 0.05) is 5.33 Å². The zero-order valence-electron chi connectivity index (χ0n) is 11.1. The fourth-order valence-electron chi connectivity index (χ4n) is 2.37. The number of hydrogen-bond donors (Lipinski definition) is 1. The van der Waals surface area contributed by atoms with Crippen molar-refractivity contribution in [2.75, 3.05) is 5.33 Å². The van der Waals surface area contributed by atoms with Crippen LogP contribution in [-0.2, 0) is 12.8 Å². The lowest BCUT2D eigenvalue weighted by atomic mass is 9.93. The van der Waals surface area contributed by atoms with Crippen molar-refractivity contribution in [3.05, 3.63) is 65.2 Å². The molecule has 0 heterocycles. The molecule has 0 saturated heterocycles. The number of halogens is 1. The van der Waals surface area contributed by atoms with E-state index < -0.39 is 0 Å². The van der Waals surface area contributed by atoms with Gasteiger partial charge in [-0.25, -0.2) is 0 Å². The van der Waals surface area contributed by atoms with E-state index in [2.05, 4.69) is 53.2 Å². The smallest absolute Gasteiger partial charge is 0.115 e. The lowest BCUT2D eigenvalue weighted by Gasteiger charge is -2.15. The molecular weight excluding hydrogens is 300 g/mol. The Balaban J connectivity index is 2.04. The molecule has 0 aromatic heterocycles. The molecule has 0 saturated carbocycles. The second-order valence-corrected chi connectivity index (χ2v) is 5.74. The lowest BCUT2D eigenvalue weighted by Crippen LogP contribution is -2.10. The average molecular weight is 319 g/mol. The van der Waals surface area contributed by atoms with Gasteiger partial charge in [0.1, 0.15) is 5.75 Å². The van der Waals surface area contributed by atoms with Gasteiger partial charge in [-0.05, 0) is 48.9 Å². The average Bonchev–Trinajstić information content (AvgIpc) is 2.38. The van der Waals surface area contributed by atoms with Gasteiger partial charge >= 0.3 is 0 Å². The summed E-state index contributed by atoms with van der Waals surface area (Å²) >= 11 is 3.61. The summed E-state index contributed by atoms with van der Waals surface area (Å²) in [6.45, 7) is 2.13. The van der Waals surface area contributed by atoms with Crippen LogP contribution < -0.4 is 0 Å². The van der Waals surface area contributed by atoms with Crippen LogP contribution in [0.4, 0.5) is 0 Å². The highest BCUT2D eigenvalue weighted by Crippen LogP contribution is 2.20. The van der Waals surface area contributed by atoms with Crippen LogP contribution in [-0.4, -0.2) is 10.4 Å². The van der Waals surface area contributed by atoms with Gasteiger partial charge in [-0.1, -0.05) is 57.9 Å². The second kappa shape index (κ2) is 6.76. The van der Waals surface area contributed by atoms with Crippen molar-refractivity contribution >= 4 is 15.9 Å². The molecule has 0 spiro atoms. The Hall–Kier alpha value is -1.28. The summed E-state index contributed by atoms with van der Waals surface area (Å²) in [6.07, 6.45) is 2.04. The summed E-state index contributed by atoms with van der Waals surface area (Å²) in [5, 5.41) is 10.5. The van der Waals surface area contributed by atoms with Crippen molar-refractivity contribution in [2.24, 2.45) is 5.92 Å². The molecule has 19 heavy (non-hydrogen) atoms. The molecule has 100 valence electrons. The minimum Gasteiger partial charge on any atom is -0.508 e. The third-order valence-corrected chi connectivity index (χ3v) is 4.18. The SMILES string of the molecule is Cc1cccc(CC(CBr)Cc2cccc(O)c2)c1. The van der Waals surface area contributed by atoms with Gasteiger partial charge in [0.05, 0.1) is 0 Å². The number of rotatable bonds is 5. The number of phenolic OH excluding ortho intramolecular Hbond substituents is 1. The summed E-state index contributed by atoms with van der Waals surface area (Å²) in [4.78, 5) is 0. The lowest BCUT2D eigenvalue weighted by molar-refractivity contribution is 0.473. The highest BCUT2D eigenvalue weighted by molar-refractivity contribution is 9.09. The standard InChI is InChI=1S/C17H19BrO/c1-13-4-2-5-14(8-13)9-16(12-18)10-15-6-3-7-17(19)11-15/h2-8,11,16,19H,9-10,12H2,1H3. The molecule has 0 fully saturated rings. The van der Waals surface area contributed by atoms with Crippen molar-refractivity contribution in [3.63, 3.8) is 0 Å². The summed E-state index contributed by atoms with van der Waals surface area (Å²) < 4.78 is 0. The van der Waals surface area contributed by atoms with Gasteiger partial charge in [-0.3, -0.25) is 0 Å². The molecular formula is C17H19BrO. The highest BCUT2D eigenvalue weighted by Gasteiger charge is 2.10. The molecule has 0 aliphatic rings. The molecule has 0 aliphatic carbocycles. The Labute approximate surface area is 123 Å². The molecule has 1 atom stereocenters. The number of aromatic hydroxyl groups is 1. The van der Waals surface area contributed by atoms with Crippen LogP contribution in [0.25, 0.3) is 0 Å². The number of benzene rings is 2. The Kier molecular flexibility index (Phi) is 5.03. The van der Waals surface area contributed by atoms with E-state index in [-0.39, 0.29) is 0 Å². The molecule has 1 nitrogen and oxygen atoms in total. The summed E-state index contributed by atoms with van der Waals surface area (Å²) in [6, 6.07) is 16.2. The van der Waals surface area contributed by atoms with Crippen molar-refractivity contribution in [1.82, 2.24) is 0 Å². The number of phenols is 1. The molecule has 0 aliphatic heterocycles. The van der Waals surface area contributed by atoms with Crippen LogP contribution in [0, 0.1) is 12.8 Å². The maximum atomic E-state index is 9.51. The van der Waals surface area contributed by atoms with Gasteiger partial charge in [0.15, 0.2) is 0 Å². The van der Waals surface area contributed by atoms with E-state index in [1.165, 1.54) is 16.7 Å². The van der Waals surface area contributed by atoms with Crippen LogP contribution in [0.1, 0.15) is 16.7 Å². The van der Waals surface area contributed by atoms with E-state index in [0.717, 1.165) is 18.2 Å². The first kappa shape index (κ1) is 14.1. The first-order valence-electron chi connectivity index (χ1n) is 6.57. The van der Waals surface area contributed by atoms with E-state index in [4.69, 9.17) is 0 Å². The molecule has 1 N–H and O–H groups in total. The first-order chi connectivity index (χ1) is 9.17. The van der Waals surface area contributed by atoms with Crippen LogP contribution in [0.5, 0.6) is 5.75 Å². The van der Waals surface area contributed by atoms with Crippen molar-refractivity contribution < 1.29 is 5.11 Å². The Morgan fingerprint density at radius 3 is 2.21 bits per heavy atom. The number of alkyl halides is 1. The van der Waals surface area contributed by atoms with E-state index in [9.17, 15) is 5.11 Å². The Morgan fingerprint density at radius 2 is 1.63 bits per heavy atom. The maximum Gasteiger partial charge on any atom is 0.115 e. The summed E-state index contributed by atoms with van der Waals surface area (Å²) in [5.74, 6) is 0.893. The molecule has 0 amide bonds. The molecule has 0 bridgehead atoms. The Morgan fingerprint density at radius 1 is 1.00 bits per heavy atom. The first-order valence-corrected chi connectivity index (χ1v) is 7.69. The van der Waals surface area contributed by atoms with E-state index in [0.29, 0.717) is 11.7 Å². The van der Waals surface area contributed by atoms with Crippen molar-refractivity contribution in [2.45, 2.75) is 19.8 Å². The zero-order chi connectivity index (χ0) is 13.7. The minimum absolute atomic E-state index is 0.348. The van der Waals surface area contributed by atoms with Crippen LogP contribution in [0.3, 0.4) is 0 Å². The largest absolute Gasteiger partial charge is 0.508 e. The van der Waals surface area contributed by atoms with Gasteiger partial charge in [0.2, 0.25) is 0 Å². The molecule has 2 aromatic carbocycles. The van der Waals surface area contributed by atoms with E-state index in [1.807, 2.05) is 12.1 Å². The van der Waals surface area contributed by atoms with Crippen molar-refractivity contribution in [1.29, 1.82) is 0 Å². The third kappa shape index (κ3) is 4.39. The highest BCUT2D eigenvalue weighted by atomic mass is 79.9.